The largest absolute Gasteiger partial charge is 0.493 e. The third-order valence-corrected chi connectivity index (χ3v) is 7.38. The first-order valence-electron chi connectivity index (χ1n) is 11.1. The van der Waals surface area contributed by atoms with Crippen LogP contribution in [0.5, 0.6) is 11.5 Å². The van der Waals surface area contributed by atoms with E-state index in [0.717, 1.165) is 28.4 Å². The Labute approximate surface area is 205 Å². The summed E-state index contributed by atoms with van der Waals surface area (Å²) in [7, 11) is -1.38. The molecule has 1 N–H and O–H groups in total. The predicted octanol–water partition coefficient (Wildman–Crippen LogP) is 4.48. The third kappa shape index (κ3) is 6.10. The van der Waals surface area contributed by atoms with Gasteiger partial charge in [0.15, 0.2) is 11.5 Å². The van der Waals surface area contributed by atoms with E-state index in [9.17, 15) is 17.6 Å². The van der Waals surface area contributed by atoms with E-state index in [1.807, 2.05) is 31.2 Å². The molecule has 0 aliphatic rings. The Hall–Kier alpha value is -3.59. The number of anilines is 1. The average molecular weight is 501 g/mol. The SMILES string of the molecule is CCc1ccc([C@H](C)NC(=O)CN(c2ccc(F)cc2)S(=O)(=O)c2ccc(OC)c(OC)c2)cc1. The molecule has 1 atom stereocenters. The van der Waals surface area contributed by atoms with Crippen molar-refractivity contribution in [2.24, 2.45) is 0 Å². The number of hydrogen-bond donors (Lipinski definition) is 1. The summed E-state index contributed by atoms with van der Waals surface area (Å²) in [6.45, 7) is 3.38. The van der Waals surface area contributed by atoms with Gasteiger partial charge in [0.1, 0.15) is 12.4 Å². The fourth-order valence-electron chi connectivity index (χ4n) is 3.57. The summed E-state index contributed by atoms with van der Waals surface area (Å²) in [4.78, 5) is 12.9. The molecule has 0 spiro atoms. The van der Waals surface area contributed by atoms with Crippen molar-refractivity contribution >= 4 is 21.6 Å². The van der Waals surface area contributed by atoms with Gasteiger partial charge in [0.05, 0.1) is 30.8 Å². The number of rotatable bonds is 10. The maximum absolute atomic E-state index is 13.6. The normalized spacial score (nSPS) is 12.0. The number of benzene rings is 3. The minimum absolute atomic E-state index is 0.101. The molecule has 0 bridgehead atoms. The second-order valence-corrected chi connectivity index (χ2v) is 9.75. The molecule has 3 aromatic rings. The Morgan fingerprint density at radius 3 is 2.17 bits per heavy atom. The lowest BCUT2D eigenvalue weighted by atomic mass is 10.1. The molecule has 7 nitrogen and oxygen atoms in total. The number of carbonyl (C=O) groups is 1. The van der Waals surface area contributed by atoms with Crippen LogP contribution in [-0.4, -0.2) is 35.1 Å². The lowest BCUT2D eigenvalue weighted by molar-refractivity contribution is -0.120. The van der Waals surface area contributed by atoms with E-state index in [0.29, 0.717) is 5.75 Å². The Balaban J connectivity index is 1.91. The van der Waals surface area contributed by atoms with Crippen LogP contribution in [0.3, 0.4) is 0 Å². The van der Waals surface area contributed by atoms with Crippen LogP contribution < -0.4 is 19.1 Å². The monoisotopic (exact) mass is 500 g/mol. The summed E-state index contributed by atoms with van der Waals surface area (Å²) in [5.41, 5.74) is 2.22. The van der Waals surface area contributed by atoms with Gasteiger partial charge in [-0.05, 0) is 60.9 Å². The van der Waals surface area contributed by atoms with Crippen LogP contribution in [-0.2, 0) is 21.2 Å². The van der Waals surface area contributed by atoms with Gasteiger partial charge < -0.3 is 14.8 Å². The number of halogens is 1. The van der Waals surface area contributed by atoms with E-state index < -0.39 is 28.3 Å². The second kappa shape index (κ2) is 11.2. The zero-order chi connectivity index (χ0) is 25.6. The van der Waals surface area contributed by atoms with Gasteiger partial charge in [0.2, 0.25) is 5.91 Å². The number of ether oxygens (including phenoxy) is 2. The lowest BCUT2D eigenvalue weighted by Crippen LogP contribution is -2.41. The number of methoxy groups -OCH3 is 2. The number of sulfonamides is 1. The van der Waals surface area contributed by atoms with E-state index >= 15 is 0 Å². The van der Waals surface area contributed by atoms with Gasteiger partial charge in [0.25, 0.3) is 10.0 Å². The average Bonchev–Trinajstić information content (AvgIpc) is 2.87. The van der Waals surface area contributed by atoms with Crippen LogP contribution in [0.1, 0.15) is 31.0 Å². The van der Waals surface area contributed by atoms with Gasteiger partial charge in [-0.1, -0.05) is 31.2 Å². The molecule has 9 heteroatoms. The summed E-state index contributed by atoms with van der Waals surface area (Å²) < 4.78 is 52.1. The number of nitrogens with zero attached hydrogens (tertiary/aromatic N) is 1. The van der Waals surface area contributed by atoms with Crippen LogP contribution in [0.2, 0.25) is 0 Å². The van der Waals surface area contributed by atoms with Gasteiger partial charge in [0, 0.05) is 6.07 Å². The molecule has 1 amide bonds. The molecule has 0 saturated heterocycles. The molecule has 0 unspecified atom stereocenters. The second-order valence-electron chi connectivity index (χ2n) is 7.89. The zero-order valence-corrected chi connectivity index (χ0v) is 20.9. The highest BCUT2D eigenvalue weighted by Gasteiger charge is 2.29. The maximum Gasteiger partial charge on any atom is 0.264 e. The quantitative estimate of drug-likeness (QED) is 0.444. The molecular formula is C26H29FN2O5S. The van der Waals surface area contributed by atoms with Crippen molar-refractivity contribution in [3.8, 4) is 11.5 Å². The summed E-state index contributed by atoms with van der Waals surface area (Å²) in [6, 6.07) is 16.6. The Morgan fingerprint density at radius 2 is 1.60 bits per heavy atom. The molecule has 0 aliphatic carbocycles. The Morgan fingerprint density at radius 1 is 0.971 bits per heavy atom. The molecule has 0 fully saturated rings. The Kier molecular flexibility index (Phi) is 8.34. The minimum atomic E-state index is -4.21. The topological polar surface area (TPSA) is 84.9 Å². The van der Waals surface area contributed by atoms with E-state index in [1.54, 1.807) is 0 Å². The molecule has 0 saturated carbocycles. The summed E-state index contributed by atoms with van der Waals surface area (Å²) in [5.74, 6) is -0.446. The number of amides is 1. The van der Waals surface area contributed by atoms with Gasteiger partial charge in [-0.3, -0.25) is 9.10 Å². The minimum Gasteiger partial charge on any atom is -0.493 e. The van der Waals surface area contributed by atoms with E-state index in [-0.39, 0.29) is 22.4 Å². The standard InChI is InChI=1S/C26H29FN2O5S/c1-5-19-6-8-20(9-7-19)18(2)28-26(30)17-29(22-12-10-21(27)11-13-22)35(31,32)23-14-15-24(33-3)25(16-23)34-4/h6-16,18H,5,17H2,1-4H3,(H,28,30)/t18-/m0/s1. The molecule has 186 valence electrons. The molecular weight excluding hydrogens is 471 g/mol. The van der Waals surface area contributed by atoms with E-state index in [1.165, 1.54) is 50.1 Å². The number of aryl methyl sites for hydroxylation is 1. The van der Waals surface area contributed by atoms with Gasteiger partial charge in [-0.25, -0.2) is 12.8 Å². The zero-order valence-electron chi connectivity index (χ0n) is 20.1. The molecule has 0 heterocycles. The van der Waals surface area contributed by atoms with Crippen molar-refractivity contribution < 1.29 is 27.1 Å². The molecule has 3 rings (SSSR count). The first kappa shape index (κ1) is 26.0. The molecule has 0 aliphatic heterocycles. The molecule has 3 aromatic carbocycles. The highest BCUT2D eigenvalue weighted by Crippen LogP contribution is 2.32. The van der Waals surface area contributed by atoms with Crippen molar-refractivity contribution in [3.05, 3.63) is 83.7 Å². The van der Waals surface area contributed by atoms with E-state index in [4.69, 9.17) is 9.47 Å². The molecule has 0 radical (unpaired) electrons. The van der Waals surface area contributed by atoms with Crippen molar-refractivity contribution in [3.63, 3.8) is 0 Å². The van der Waals surface area contributed by atoms with Crippen LogP contribution in [0.4, 0.5) is 10.1 Å². The number of nitrogens with one attached hydrogen (secondary N) is 1. The predicted molar refractivity (Wildman–Crippen MR) is 133 cm³/mol. The van der Waals surface area contributed by atoms with Crippen molar-refractivity contribution in [2.45, 2.75) is 31.2 Å². The van der Waals surface area contributed by atoms with Crippen LogP contribution in [0.25, 0.3) is 0 Å². The fraction of sp³-hybridized carbons (Fsp3) is 0.269. The third-order valence-electron chi connectivity index (χ3n) is 5.61. The van der Waals surface area contributed by atoms with Gasteiger partial charge >= 0.3 is 0 Å². The highest BCUT2D eigenvalue weighted by atomic mass is 32.2. The Bertz CT molecular complexity index is 1260. The summed E-state index contributed by atoms with van der Waals surface area (Å²) in [5, 5.41) is 2.85. The smallest absolute Gasteiger partial charge is 0.264 e. The highest BCUT2D eigenvalue weighted by molar-refractivity contribution is 7.92. The lowest BCUT2D eigenvalue weighted by Gasteiger charge is -2.25. The van der Waals surface area contributed by atoms with E-state index in [2.05, 4.69) is 12.2 Å². The van der Waals surface area contributed by atoms with Crippen molar-refractivity contribution in [1.82, 2.24) is 5.32 Å². The van der Waals surface area contributed by atoms with Crippen LogP contribution in [0, 0.1) is 5.82 Å². The summed E-state index contributed by atoms with van der Waals surface area (Å²) >= 11 is 0. The molecule has 0 aromatic heterocycles. The van der Waals surface area contributed by atoms with Crippen molar-refractivity contribution in [2.75, 3.05) is 25.1 Å². The molecule has 35 heavy (non-hydrogen) atoms. The number of hydrogen-bond acceptors (Lipinski definition) is 5. The first-order valence-corrected chi connectivity index (χ1v) is 12.5. The first-order chi connectivity index (χ1) is 16.7. The van der Waals surface area contributed by atoms with Gasteiger partial charge in [-0.2, -0.15) is 0 Å². The fourth-order valence-corrected chi connectivity index (χ4v) is 5.01. The van der Waals surface area contributed by atoms with Crippen LogP contribution in [0.15, 0.2) is 71.6 Å². The number of carbonyl (C=O) groups excluding carboxylic acids is 1. The maximum atomic E-state index is 13.6. The van der Waals surface area contributed by atoms with Crippen LogP contribution >= 0.6 is 0 Å². The van der Waals surface area contributed by atoms with Crippen molar-refractivity contribution in [1.29, 1.82) is 0 Å². The summed E-state index contributed by atoms with van der Waals surface area (Å²) in [6.07, 6.45) is 0.904. The van der Waals surface area contributed by atoms with Gasteiger partial charge in [-0.15, -0.1) is 0 Å².